The van der Waals surface area contributed by atoms with Gasteiger partial charge in [0.15, 0.2) is 5.82 Å². The lowest BCUT2D eigenvalue weighted by Crippen LogP contribution is -2.58. The first-order valence-corrected chi connectivity index (χ1v) is 11.7. The van der Waals surface area contributed by atoms with Gasteiger partial charge in [-0.1, -0.05) is 6.07 Å². The summed E-state index contributed by atoms with van der Waals surface area (Å²) in [6.07, 6.45) is -0.901. The molecule has 0 spiro atoms. The highest BCUT2D eigenvalue weighted by atomic mass is 16.5. The van der Waals surface area contributed by atoms with E-state index in [0.29, 0.717) is 48.7 Å². The number of anilines is 1. The molecule has 1 aromatic carbocycles. The second-order valence-electron chi connectivity index (χ2n) is 8.62. The van der Waals surface area contributed by atoms with Crippen LogP contribution in [0.2, 0.25) is 0 Å². The molecule has 1 aromatic heterocycles. The third-order valence-electron chi connectivity index (χ3n) is 6.15. The first-order valence-electron chi connectivity index (χ1n) is 11.7. The molecule has 1 fully saturated rings. The fraction of sp³-hybridized carbons (Fsp3) is 0.565. The van der Waals surface area contributed by atoms with Gasteiger partial charge in [-0.15, -0.1) is 0 Å². The smallest absolute Gasteiger partial charge is 0.407 e. The van der Waals surface area contributed by atoms with Crippen LogP contribution in [0.4, 0.5) is 15.4 Å². The first-order chi connectivity index (χ1) is 16.6. The molecule has 1 aliphatic heterocycles. The Bertz CT molecular complexity index is 1060. The van der Waals surface area contributed by atoms with Crippen molar-refractivity contribution < 1.29 is 29.0 Å². The van der Waals surface area contributed by atoms with Crippen molar-refractivity contribution in [2.75, 3.05) is 44.3 Å². The molecule has 35 heavy (non-hydrogen) atoms. The molecule has 1 saturated heterocycles. The number of piperazine rings is 1. The van der Waals surface area contributed by atoms with Crippen molar-refractivity contribution in [3.63, 3.8) is 0 Å². The van der Waals surface area contributed by atoms with Crippen LogP contribution in [-0.2, 0) is 16.6 Å². The maximum absolute atomic E-state index is 12.2. The average molecular weight is 491 g/mol. The van der Waals surface area contributed by atoms with E-state index >= 15 is 0 Å². The fourth-order valence-corrected chi connectivity index (χ4v) is 4.57. The number of carboxylic acid groups (broad SMARTS) is 1. The predicted octanol–water partition coefficient (Wildman–Crippen LogP) is 1.86. The van der Waals surface area contributed by atoms with E-state index < -0.39 is 18.1 Å². The van der Waals surface area contributed by atoms with Crippen LogP contribution in [0, 0.1) is 0 Å². The number of ether oxygens (including phenoxy) is 2. The summed E-state index contributed by atoms with van der Waals surface area (Å²) in [5.74, 6) is 0.524. The van der Waals surface area contributed by atoms with Gasteiger partial charge in [-0.25, -0.2) is 9.59 Å². The second-order valence-corrected chi connectivity index (χ2v) is 8.62. The fourth-order valence-electron chi connectivity index (χ4n) is 4.57. The van der Waals surface area contributed by atoms with Gasteiger partial charge < -0.3 is 25.2 Å². The van der Waals surface area contributed by atoms with Crippen molar-refractivity contribution in [1.82, 2.24) is 19.6 Å². The summed E-state index contributed by atoms with van der Waals surface area (Å²) in [6, 6.07) is 4.88. The molecule has 0 radical (unpaired) electrons. The molecule has 0 bridgehead atoms. The number of primary amides is 1. The predicted molar refractivity (Wildman–Crippen MR) is 130 cm³/mol. The zero-order valence-corrected chi connectivity index (χ0v) is 20.6. The maximum atomic E-state index is 12.2. The Hall–Kier alpha value is -3.54. The van der Waals surface area contributed by atoms with Gasteiger partial charge in [0.05, 0.1) is 13.0 Å². The number of benzene rings is 1. The Balaban J connectivity index is 1.73. The van der Waals surface area contributed by atoms with Crippen molar-refractivity contribution >= 4 is 34.8 Å². The van der Waals surface area contributed by atoms with Crippen LogP contribution in [0.5, 0.6) is 5.75 Å². The minimum atomic E-state index is -0.898. The summed E-state index contributed by atoms with van der Waals surface area (Å²) < 4.78 is 12.7. The summed E-state index contributed by atoms with van der Waals surface area (Å²) in [7, 11) is 1.75. The summed E-state index contributed by atoms with van der Waals surface area (Å²) in [5.41, 5.74) is 6.29. The van der Waals surface area contributed by atoms with Crippen LogP contribution in [0.1, 0.15) is 27.2 Å². The molecule has 2 heterocycles. The van der Waals surface area contributed by atoms with Crippen molar-refractivity contribution in [2.45, 2.75) is 39.3 Å². The standard InChI is InChI=1S/C23H34N6O6/c1-5-34-19(30)9-10-29(22(24)31)21-17-7-6-8-18(20(17)26(4)25-21)35-12-11-28-15(2)13-27(23(32)33)14-16(28)3/h6-8,15-16H,5,9-14H2,1-4H3,(H2,24,31)(H,32,33)/t15-,16+. The SMILES string of the molecule is CCOC(=O)CCN(C(N)=O)c1nn(C)c2c(OCCN3[C@H](C)CN(C(=O)O)C[C@@H]3C)cccc12. The number of hydrogen-bond donors (Lipinski definition) is 2. The zero-order valence-electron chi connectivity index (χ0n) is 20.6. The Kier molecular flexibility index (Phi) is 8.39. The zero-order chi connectivity index (χ0) is 25.7. The highest BCUT2D eigenvalue weighted by Gasteiger charge is 2.31. The number of aromatic nitrogens is 2. The van der Waals surface area contributed by atoms with Gasteiger partial charge >= 0.3 is 18.1 Å². The normalized spacial score (nSPS) is 18.5. The van der Waals surface area contributed by atoms with Gasteiger partial charge in [0.25, 0.3) is 0 Å². The molecule has 192 valence electrons. The number of esters is 1. The van der Waals surface area contributed by atoms with Gasteiger partial charge in [-0.3, -0.25) is 19.3 Å². The largest absolute Gasteiger partial charge is 0.490 e. The Morgan fingerprint density at radius 1 is 1.23 bits per heavy atom. The lowest BCUT2D eigenvalue weighted by atomic mass is 10.1. The summed E-state index contributed by atoms with van der Waals surface area (Å²) in [5, 5.41) is 14.4. The molecule has 3 rings (SSSR count). The number of para-hydroxylation sites is 1. The molecule has 2 aromatic rings. The number of carbonyl (C=O) groups is 3. The number of hydrogen-bond acceptors (Lipinski definition) is 7. The lowest BCUT2D eigenvalue weighted by molar-refractivity contribution is -0.142. The van der Waals surface area contributed by atoms with E-state index in [2.05, 4.69) is 10.00 Å². The van der Waals surface area contributed by atoms with E-state index in [4.69, 9.17) is 15.2 Å². The van der Waals surface area contributed by atoms with Crippen molar-refractivity contribution in [1.29, 1.82) is 0 Å². The second kappa shape index (κ2) is 11.3. The Labute approximate surface area is 204 Å². The lowest BCUT2D eigenvalue weighted by Gasteiger charge is -2.43. The molecule has 0 unspecified atom stereocenters. The minimum absolute atomic E-state index is 0.00342. The quantitative estimate of drug-likeness (QED) is 0.507. The van der Waals surface area contributed by atoms with E-state index in [9.17, 15) is 19.5 Å². The molecule has 3 amide bonds. The van der Waals surface area contributed by atoms with Crippen molar-refractivity contribution in [3.05, 3.63) is 18.2 Å². The highest BCUT2D eigenvalue weighted by molar-refractivity contribution is 6.02. The first kappa shape index (κ1) is 26.1. The molecular formula is C23H34N6O6. The minimum Gasteiger partial charge on any atom is -0.490 e. The van der Waals surface area contributed by atoms with Crippen molar-refractivity contribution in [3.8, 4) is 5.75 Å². The molecule has 0 aliphatic carbocycles. The molecule has 12 heteroatoms. The third kappa shape index (κ3) is 5.94. The van der Waals surface area contributed by atoms with E-state index in [-0.39, 0.29) is 31.7 Å². The monoisotopic (exact) mass is 490 g/mol. The van der Waals surface area contributed by atoms with Crippen LogP contribution >= 0.6 is 0 Å². The average Bonchev–Trinajstić information content (AvgIpc) is 3.12. The topological polar surface area (TPSA) is 143 Å². The van der Waals surface area contributed by atoms with Gasteiger partial charge in [0.2, 0.25) is 0 Å². The van der Waals surface area contributed by atoms with Crippen LogP contribution in [0.15, 0.2) is 18.2 Å². The van der Waals surface area contributed by atoms with E-state index in [1.165, 1.54) is 9.80 Å². The maximum Gasteiger partial charge on any atom is 0.407 e. The van der Waals surface area contributed by atoms with Gasteiger partial charge in [-0.2, -0.15) is 5.10 Å². The van der Waals surface area contributed by atoms with Gasteiger partial charge in [0, 0.05) is 50.7 Å². The third-order valence-corrected chi connectivity index (χ3v) is 6.15. The van der Waals surface area contributed by atoms with E-state index in [0.717, 1.165) is 0 Å². The number of fused-ring (bicyclic) bond motifs is 1. The van der Waals surface area contributed by atoms with Crippen LogP contribution < -0.4 is 15.4 Å². The number of aryl methyl sites for hydroxylation is 1. The summed E-state index contributed by atoms with van der Waals surface area (Å²) in [4.78, 5) is 40.2. The van der Waals surface area contributed by atoms with Crippen LogP contribution in [0.25, 0.3) is 10.9 Å². The molecule has 1 aliphatic rings. The molecule has 12 nitrogen and oxygen atoms in total. The van der Waals surface area contributed by atoms with Crippen LogP contribution in [0.3, 0.4) is 0 Å². The van der Waals surface area contributed by atoms with Crippen molar-refractivity contribution in [2.24, 2.45) is 12.8 Å². The molecular weight excluding hydrogens is 456 g/mol. The van der Waals surface area contributed by atoms with E-state index in [1.807, 2.05) is 32.0 Å². The van der Waals surface area contributed by atoms with Crippen LogP contribution in [-0.4, -0.2) is 94.3 Å². The Morgan fingerprint density at radius 3 is 2.51 bits per heavy atom. The number of nitrogens with zero attached hydrogens (tertiary/aromatic N) is 5. The number of carbonyl (C=O) groups excluding carboxylic acids is 2. The highest BCUT2D eigenvalue weighted by Crippen LogP contribution is 2.32. The molecule has 3 N–H and O–H groups in total. The number of urea groups is 1. The van der Waals surface area contributed by atoms with Gasteiger partial charge in [0.1, 0.15) is 17.9 Å². The summed E-state index contributed by atoms with van der Waals surface area (Å²) >= 11 is 0. The van der Waals surface area contributed by atoms with Gasteiger partial charge in [-0.05, 0) is 32.9 Å². The number of amides is 3. The number of nitrogens with two attached hydrogens (primary N) is 1. The number of rotatable bonds is 9. The molecule has 2 atom stereocenters. The van der Waals surface area contributed by atoms with E-state index in [1.54, 1.807) is 18.7 Å². The molecule has 0 saturated carbocycles. The Morgan fingerprint density at radius 2 is 1.91 bits per heavy atom. The summed E-state index contributed by atoms with van der Waals surface area (Å²) in [6.45, 7) is 7.97.